The van der Waals surface area contributed by atoms with Crippen LogP contribution >= 0.6 is 0 Å². The molecule has 0 atom stereocenters. The van der Waals surface area contributed by atoms with Gasteiger partial charge in [-0.15, -0.1) is 0 Å². The minimum atomic E-state index is -4.53. The van der Waals surface area contributed by atoms with Gasteiger partial charge in [0, 0.05) is 31.5 Å². The molecule has 1 aromatic carbocycles. The quantitative estimate of drug-likeness (QED) is 0.405. The Balaban J connectivity index is 2.23. The third-order valence-electron chi connectivity index (χ3n) is 3.64. The molecule has 10 heteroatoms. The van der Waals surface area contributed by atoms with Crippen LogP contribution in [0.1, 0.15) is 11.1 Å². The molecule has 0 aliphatic heterocycles. The molecule has 2 rings (SSSR count). The fourth-order valence-corrected chi connectivity index (χ4v) is 2.23. The maximum absolute atomic E-state index is 12.7. The Morgan fingerprint density at radius 2 is 2.07 bits per heavy atom. The fourth-order valence-electron chi connectivity index (χ4n) is 2.23. The molecule has 0 fully saturated rings. The highest BCUT2D eigenvalue weighted by molar-refractivity contribution is 6.03. The Hall–Kier alpha value is -3.27. The van der Waals surface area contributed by atoms with E-state index in [1.54, 1.807) is 6.07 Å². The molecule has 0 spiro atoms. The first kappa shape index (κ1) is 21.0. The topological polar surface area (TPSA) is 85.6 Å². The first-order valence-electron chi connectivity index (χ1n) is 7.98. The highest BCUT2D eigenvalue weighted by Crippen LogP contribution is 2.29. The van der Waals surface area contributed by atoms with Crippen LogP contribution in [0.3, 0.4) is 0 Å². The summed E-state index contributed by atoms with van der Waals surface area (Å²) in [6.45, 7) is 0.200. The third kappa shape index (κ3) is 5.61. The predicted octanol–water partition coefficient (Wildman–Crippen LogP) is 3.70. The molecule has 28 heavy (non-hydrogen) atoms. The summed E-state index contributed by atoms with van der Waals surface area (Å²) in [6, 6.07) is 7.59. The van der Waals surface area contributed by atoms with Crippen LogP contribution in [0, 0.1) is 10.1 Å². The molecule has 1 amide bonds. The van der Waals surface area contributed by atoms with Crippen molar-refractivity contribution in [3.05, 3.63) is 69.9 Å². The SMILES string of the molecule is COCCN(C(=O)/C=C/c1cccc([N+](=O)[O-])c1)c1ccc(C(F)(F)F)cn1. The van der Waals surface area contributed by atoms with Gasteiger partial charge in [-0.05, 0) is 23.8 Å². The fraction of sp³-hybridized carbons (Fsp3) is 0.222. The number of carbonyl (C=O) groups is 1. The summed E-state index contributed by atoms with van der Waals surface area (Å²) in [5, 5.41) is 10.8. The van der Waals surface area contributed by atoms with E-state index in [0.29, 0.717) is 11.8 Å². The van der Waals surface area contributed by atoms with Crippen molar-refractivity contribution in [1.29, 1.82) is 0 Å². The number of rotatable bonds is 7. The molecular formula is C18H16F3N3O4. The van der Waals surface area contributed by atoms with Gasteiger partial charge in [-0.3, -0.25) is 19.8 Å². The number of non-ortho nitro benzene ring substituents is 1. The van der Waals surface area contributed by atoms with Gasteiger partial charge < -0.3 is 4.74 Å². The number of amides is 1. The van der Waals surface area contributed by atoms with E-state index in [1.807, 2.05) is 0 Å². The van der Waals surface area contributed by atoms with Crippen LogP contribution < -0.4 is 4.90 Å². The van der Waals surface area contributed by atoms with E-state index in [0.717, 1.165) is 23.1 Å². The molecule has 0 aliphatic rings. The second-order valence-corrected chi connectivity index (χ2v) is 5.57. The van der Waals surface area contributed by atoms with Gasteiger partial charge in [-0.1, -0.05) is 12.1 Å². The number of nitrogens with zero attached hydrogens (tertiary/aromatic N) is 3. The molecule has 1 aromatic heterocycles. The van der Waals surface area contributed by atoms with Crippen molar-refractivity contribution in [2.45, 2.75) is 6.18 Å². The lowest BCUT2D eigenvalue weighted by atomic mass is 10.2. The summed E-state index contributed by atoms with van der Waals surface area (Å²) < 4.78 is 43.0. The highest BCUT2D eigenvalue weighted by atomic mass is 19.4. The van der Waals surface area contributed by atoms with Gasteiger partial charge in [0.2, 0.25) is 0 Å². The van der Waals surface area contributed by atoms with E-state index in [4.69, 9.17) is 4.74 Å². The zero-order chi connectivity index (χ0) is 20.7. The van der Waals surface area contributed by atoms with E-state index in [9.17, 15) is 28.1 Å². The average Bonchev–Trinajstić information content (AvgIpc) is 2.66. The van der Waals surface area contributed by atoms with E-state index >= 15 is 0 Å². The van der Waals surface area contributed by atoms with Crippen molar-refractivity contribution in [1.82, 2.24) is 4.98 Å². The first-order valence-corrected chi connectivity index (χ1v) is 7.98. The van der Waals surface area contributed by atoms with Crippen molar-refractivity contribution in [2.24, 2.45) is 0 Å². The Kier molecular flexibility index (Phi) is 6.83. The second-order valence-electron chi connectivity index (χ2n) is 5.57. The van der Waals surface area contributed by atoms with Gasteiger partial charge in [-0.2, -0.15) is 13.2 Å². The lowest BCUT2D eigenvalue weighted by molar-refractivity contribution is -0.384. The monoisotopic (exact) mass is 395 g/mol. The summed E-state index contributed by atoms with van der Waals surface area (Å²) in [5.74, 6) is -0.533. The maximum Gasteiger partial charge on any atom is 0.417 e. The number of hydrogen-bond acceptors (Lipinski definition) is 5. The highest BCUT2D eigenvalue weighted by Gasteiger charge is 2.31. The lowest BCUT2D eigenvalue weighted by Crippen LogP contribution is -2.33. The van der Waals surface area contributed by atoms with Crippen LogP contribution in [0.25, 0.3) is 6.08 Å². The lowest BCUT2D eigenvalue weighted by Gasteiger charge is -2.20. The van der Waals surface area contributed by atoms with Crippen LogP contribution in [0.4, 0.5) is 24.7 Å². The molecule has 0 unspecified atom stereocenters. The van der Waals surface area contributed by atoms with E-state index in [1.165, 1.54) is 31.4 Å². The van der Waals surface area contributed by atoms with Crippen LogP contribution in [0.5, 0.6) is 0 Å². The van der Waals surface area contributed by atoms with E-state index in [2.05, 4.69) is 4.98 Å². The zero-order valence-electron chi connectivity index (χ0n) is 14.7. The molecule has 0 saturated heterocycles. The molecule has 2 aromatic rings. The van der Waals surface area contributed by atoms with Gasteiger partial charge in [0.15, 0.2) is 0 Å². The second kappa shape index (κ2) is 9.09. The van der Waals surface area contributed by atoms with Crippen LogP contribution in [0.15, 0.2) is 48.7 Å². The molecule has 0 bridgehead atoms. The zero-order valence-corrected chi connectivity index (χ0v) is 14.7. The van der Waals surface area contributed by atoms with Crippen LogP contribution in [0.2, 0.25) is 0 Å². The molecular weight excluding hydrogens is 379 g/mol. The molecule has 148 valence electrons. The van der Waals surface area contributed by atoms with E-state index < -0.39 is 22.6 Å². The summed E-state index contributed by atoms with van der Waals surface area (Å²) in [6.07, 6.45) is -1.35. The van der Waals surface area contributed by atoms with Crippen molar-refractivity contribution < 1.29 is 27.6 Å². The summed E-state index contributed by atoms with van der Waals surface area (Å²) >= 11 is 0. The van der Waals surface area contributed by atoms with Gasteiger partial charge in [0.05, 0.1) is 23.6 Å². The number of methoxy groups -OCH3 is 1. The normalized spacial score (nSPS) is 11.6. The largest absolute Gasteiger partial charge is 0.417 e. The number of ether oxygens (including phenoxy) is 1. The van der Waals surface area contributed by atoms with Gasteiger partial charge in [0.25, 0.3) is 11.6 Å². The predicted molar refractivity (Wildman–Crippen MR) is 95.6 cm³/mol. The number of hydrogen-bond donors (Lipinski definition) is 0. The third-order valence-corrected chi connectivity index (χ3v) is 3.64. The minimum Gasteiger partial charge on any atom is -0.383 e. The van der Waals surface area contributed by atoms with Crippen molar-refractivity contribution in [3.63, 3.8) is 0 Å². The molecule has 0 saturated carbocycles. The standard InChI is InChI=1S/C18H16F3N3O4/c1-28-10-9-23(16-7-6-14(12-22-16)18(19,20)21)17(25)8-5-13-3-2-4-15(11-13)24(26)27/h2-8,11-12H,9-10H2,1H3/b8-5+. The molecule has 0 aliphatic carbocycles. The first-order chi connectivity index (χ1) is 13.2. The Bertz CT molecular complexity index is 867. The number of alkyl halides is 3. The molecule has 0 N–H and O–H groups in total. The number of aromatic nitrogens is 1. The molecule has 1 heterocycles. The molecule has 0 radical (unpaired) electrons. The van der Waals surface area contributed by atoms with Gasteiger partial charge in [0.1, 0.15) is 5.82 Å². The summed E-state index contributed by atoms with van der Waals surface area (Å²) in [7, 11) is 1.42. The number of nitro groups is 1. The van der Waals surface area contributed by atoms with Crippen LogP contribution in [-0.4, -0.2) is 36.1 Å². The Morgan fingerprint density at radius 3 is 2.64 bits per heavy atom. The van der Waals surface area contributed by atoms with Crippen molar-refractivity contribution >= 4 is 23.5 Å². The number of carbonyl (C=O) groups excluding carboxylic acids is 1. The summed E-state index contributed by atoms with van der Waals surface area (Å²) in [5.41, 5.74) is -0.632. The number of pyridine rings is 1. The Morgan fingerprint density at radius 1 is 1.32 bits per heavy atom. The summed E-state index contributed by atoms with van der Waals surface area (Å²) in [4.78, 5) is 27.6. The number of halogens is 3. The van der Waals surface area contributed by atoms with Crippen molar-refractivity contribution in [2.75, 3.05) is 25.2 Å². The van der Waals surface area contributed by atoms with Gasteiger partial charge in [-0.25, -0.2) is 4.98 Å². The molecule has 7 nitrogen and oxygen atoms in total. The minimum absolute atomic E-state index is 0.0266. The number of nitro benzene ring substituents is 1. The number of benzene rings is 1. The average molecular weight is 395 g/mol. The van der Waals surface area contributed by atoms with Crippen molar-refractivity contribution in [3.8, 4) is 0 Å². The van der Waals surface area contributed by atoms with Crippen LogP contribution in [-0.2, 0) is 15.7 Å². The van der Waals surface area contributed by atoms with E-state index in [-0.39, 0.29) is 24.7 Å². The van der Waals surface area contributed by atoms with Gasteiger partial charge >= 0.3 is 6.18 Å². The maximum atomic E-state index is 12.7. The Labute approximate surface area is 158 Å². The number of anilines is 1. The smallest absolute Gasteiger partial charge is 0.383 e.